The maximum atomic E-state index is 12.3. The fourth-order valence-electron chi connectivity index (χ4n) is 2.70. The first kappa shape index (κ1) is 15.1. The molecule has 8 heteroatoms. The topological polar surface area (TPSA) is 104 Å². The second-order valence-corrected chi connectivity index (χ2v) is 5.13. The number of hydrogen-bond donors (Lipinski definition) is 2. The Morgan fingerprint density at radius 3 is 2.71 bits per heavy atom. The zero-order chi connectivity index (χ0) is 15.3. The molecule has 2 amide bonds. The summed E-state index contributed by atoms with van der Waals surface area (Å²) < 4.78 is 0. The Bertz CT molecular complexity index is 507. The smallest absolute Gasteiger partial charge is 0.246 e. The van der Waals surface area contributed by atoms with E-state index in [4.69, 9.17) is 0 Å². The number of H-pyrrole nitrogens is 1. The fourth-order valence-corrected chi connectivity index (χ4v) is 2.70. The molecule has 2 rings (SSSR count). The molecule has 0 bridgehead atoms. The summed E-state index contributed by atoms with van der Waals surface area (Å²) in [6.45, 7) is 5.71. The molecule has 1 fully saturated rings. The van der Waals surface area contributed by atoms with Crippen molar-refractivity contribution in [3.63, 3.8) is 0 Å². The molecule has 1 aliphatic rings. The number of carbonyl (C=O) groups is 2. The summed E-state index contributed by atoms with van der Waals surface area (Å²) >= 11 is 0. The lowest BCUT2D eigenvalue weighted by molar-refractivity contribution is -0.133. The van der Waals surface area contributed by atoms with Crippen LogP contribution in [0.3, 0.4) is 0 Å². The fraction of sp³-hybridized carbons (Fsp3) is 0.615. The standard InChI is InChI=1S/C13H20N6O2/c1-3-11(21)19(4-2)9-10(20)14-13(7-5-6-8-13)12-15-17-18-16-12/h3H,1,4-9H2,2H3,(H,14,20)(H,15,16,17,18). The number of hydrogen-bond acceptors (Lipinski definition) is 5. The second kappa shape index (κ2) is 6.47. The van der Waals surface area contributed by atoms with Crippen LogP contribution in [-0.4, -0.2) is 50.4 Å². The maximum absolute atomic E-state index is 12.3. The van der Waals surface area contributed by atoms with Crippen molar-refractivity contribution < 1.29 is 9.59 Å². The third-order valence-corrected chi connectivity index (χ3v) is 3.81. The summed E-state index contributed by atoms with van der Waals surface area (Å²) in [5, 5.41) is 17.0. The molecule has 1 aromatic rings. The highest BCUT2D eigenvalue weighted by molar-refractivity contribution is 5.91. The van der Waals surface area contributed by atoms with Crippen molar-refractivity contribution in [3.8, 4) is 0 Å². The molecule has 1 aromatic heterocycles. The van der Waals surface area contributed by atoms with Crippen molar-refractivity contribution in [2.24, 2.45) is 0 Å². The summed E-state index contributed by atoms with van der Waals surface area (Å²) in [5.41, 5.74) is -0.569. The summed E-state index contributed by atoms with van der Waals surface area (Å²) in [6.07, 6.45) is 4.76. The van der Waals surface area contributed by atoms with Gasteiger partial charge in [-0.2, -0.15) is 5.21 Å². The Morgan fingerprint density at radius 2 is 2.19 bits per heavy atom. The largest absolute Gasteiger partial charge is 0.342 e. The molecule has 0 aliphatic heterocycles. The van der Waals surface area contributed by atoms with E-state index in [-0.39, 0.29) is 18.4 Å². The van der Waals surface area contributed by atoms with Crippen LogP contribution < -0.4 is 5.32 Å². The van der Waals surface area contributed by atoms with Crippen LogP contribution in [0.1, 0.15) is 38.4 Å². The van der Waals surface area contributed by atoms with Crippen LogP contribution in [0.5, 0.6) is 0 Å². The number of rotatable bonds is 6. The summed E-state index contributed by atoms with van der Waals surface area (Å²) in [4.78, 5) is 25.3. The van der Waals surface area contributed by atoms with Gasteiger partial charge in [0.15, 0.2) is 5.82 Å². The number of likely N-dealkylation sites (N-methyl/N-ethyl adjacent to an activating group) is 1. The van der Waals surface area contributed by atoms with E-state index in [9.17, 15) is 9.59 Å². The van der Waals surface area contributed by atoms with Crippen LogP contribution in [0.25, 0.3) is 0 Å². The van der Waals surface area contributed by atoms with Gasteiger partial charge in [0.05, 0.1) is 6.54 Å². The first-order valence-electron chi connectivity index (χ1n) is 7.07. The first-order chi connectivity index (χ1) is 10.1. The SMILES string of the molecule is C=CC(=O)N(CC)CC(=O)NC1(c2nn[nH]n2)CCCC1. The van der Waals surface area contributed by atoms with Gasteiger partial charge in [-0.3, -0.25) is 9.59 Å². The van der Waals surface area contributed by atoms with Crippen molar-refractivity contribution in [1.82, 2.24) is 30.8 Å². The van der Waals surface area contributed by atoms with Crippen LogP contribution in [0.15, 0.2) is 12.7 Å². The van der Waals surface area contributed by atoms with Gasteiger partial charge < -0.3 is 10.2 Å². The van der Waals surface area contributed by atoms with E-state index < -0.39 is 5.54 Å². The normalized spacial score (nSPS) is 16.4. The van der Waals surface area contributed by atoms with Crippen LogP contribution in [-0.2, 0) is 15.1 Å². The number of aromatic amines is 1. The quantitative estimate of drug-likeness (QED) is 0.725. The molecule has 114 valence electrons. The van der Waals surface area contributed by atoms with Crippen LogP contribution in [0, 0.1) is 0 Å². The molecule has 2 N–H and O–H groups in total. The average Bonchev–Trinajstić information content (AvgIpc) is 3.15. The van der Waals surface area contributed by atoms with Gasteiger partial charge >= 0.3 is 0 Å². The molecule has 0 unspecified atom stereocenters. The monoisotopic (exact) mass is 292 g/mol. The lowest BCUT2D eigenvalue weighted by Gasteiger charge is -2.28. The number of nitrogens with zero attached hydrogens (tertiary/aromatic N) is 4. The van der Waals surface area contributed by atoms with Crippen molar-refractivity contribution in [2.45, 2.75) is 38.1 Å². The number of nitrogens with one attached hydrogen (secondary N) is 2. The van der Waals surface area contributed by atoms with E-state index >= 15 is 0 Å². The lowest BCUT2D eigenvalue weighted by Crippen LogP contribution is -2.49. The Kier molecular flexibility index (Phi) is 4.66. The minimum Gasteiger partial charge on any atom is -0.342 e. The lowest BCUT2D eigenvalue weighted by atomic mass is 9.96. The van der Waals surface area contributed by atoms with Gasteiger partial charge in [0.25, 0.3) is 0 Å². The molecule has 1 aliphatic carbocycles. The molecule has 21 heavy (non-hydrogen) atoms. The Morgan fingerprint density at radius 1 is 1.48 bits per heavy atom. The highest BCUT2D eigenvalue weighted by Crippen LogP contribution is 2.36. The highest BCUT2D eigenvalue weighted by atomic mass is 16.2. The molecule has 1 heterocycles. The molecule has 0 atom stereocenters. The van der Waals surface area contributed by atoms with E-state index in [1.807, 2.05) is 6.92 Å². The molecule has 0 spiro atoms. The predicted octanol–water partition coefficient (Wildman–Crippen LogP) is 0.120. The minimum atomic E-state index is -0.569. The Labute approximate surface area is 123 Å². The van der Waals surface area contributed by atoms with Crippen molar-refractivity contribution in [1.29, 1.82) is 0 Å². The summed E-state index contributed by atoms with van der Waals surface area (Å²) in [5.74, 6) is 0.0258. The predicted molar refractivity (Wildman–Crippen MR) is 74.9 cm³/mol. The number of carbonyl (C=O) groups excluding carboxylic acids is 2. The summed E-state index contributed by atoms with van der Waals surface area (Å²) in [6, 6.07) is 0. The molecule has 0 saturated heterocycles. The van der Waals surface area contributed by atoms with E-state index in [1.165, 1.54) is 11.0 Å². The number of aromatic nitrogens is 4. The van der Waals surface area contributed by atoms with Crippen LogP contribution in [0.4, 0.5) is 0 Å². The Balaban J connectivity index is 2.06. The van der Waals surface area contributed by atoms with Gasteiger partial charge in [0, 0.05) is 6.54 Å². The number of tetrazole rings is 1. The van der Waals surface area contributed by atoms with Gasteiger partial charge in [-0.1, -0.05) is 24.6 Å². The first-order valence-corrected chi connectivity index (χ1v) is 7.07. The van der Waals surface area contributed by atoms with E-state index in [1.54, 1.807) is 0 Å². The summed E-state index contributed by atoms with van der Waals surface area (Å²) in [7, 11) is 0. The van der Waals surface area contributed by atoms with E-state index in [0.717, 1.165) is 25.7 Å². The van der Waals surface area contributed by atoms with Crippen molar-refractivity contribution in [2.75, 3.05) is 13.1 Å². The zero-order valence-electron chi connectivity index (χ0n) is 12.1. The molecular formula is C13H20N6O2. The van der Waals surface area contributed by atoms with Gasteiger partial charge in [0.2, 0.25) is 11.8 Å². The van der Waals surface area contributed by atoms with Crippen LogP contribution >= 0.6 is 0 Å². The van der Waals surface area contributed by atoms with Gasteiger partial charge in [-0.05, 0) is 25.8 Å². The highest BCUT2D eigenvalue weighted by Gasteiger charge is 2.40. The minimum absolute atomic E-state index is 0.000947. The zero-order valence-corrected chi connectivity index (χ0v) is 12.1. The van der Waals surface area contributed by atoms with Gasteiger partial charge in [-0.25, -0.2) is 0 Å². The Hall–Kier alpha value is -2.25. The third-order valence-electron chi connectivity index (χ3n) is 3.81. The molecule has 1 saturated carbocycles. The van der Waals surface area contributed by atoms with Crippen LogP contribution in [0.2, 0.25) is 0 Å². The second-order valence-electron chi connectivity index (χ2n) is 5.13. The van der Waals surface area contributed by atoms with Crippen molar-refractivity contribution in [3.05, 3.63) is 18.5 Å². The van der Waals surface area contributed by atoms with E-state index in [2.05, 4.69) is 32.5 Å². The average molecular weight is 292 g/mol. The molecule has 0 aromatic carbocycles. The van der Waals surface area contributed by atoms with Gasteiger partial charge in [-0.15, -0.1) is 10.2 Å². The van der Waals surface area contributed by atoms with E-state index in [0.29, 0.717) is 12.4 Å². The molecular weight excluding hydrogens is 272 g/mol. The molecule has 8 nitrogen and oxygen atoms in total. The van der Waals surface area contributed by atoms with Gasteiger partial charge in [0.1, 0.15) is 5.54 Å². The van der Waals surface area contributed by atoms with Crippen molar-refractivity contribution >= 4 is 11.8 Å². The third kappa shape index (κ3) is 3.26. The molecule has 0 radical (unpaired) electrons. The maximum Gasteiger partial charge on any atom is 0.246 e. The number of amides is 2.